The molecule has 0 radical (unpaired) electrons. The van der Waals surface area contributed by atoms with Crippen LogP contribution in [0, 0.1) is 0 Å². The molecule has 0 aliphatic carbocycles. The average molecular weight is 335 g/mol. The highest BCUT2D eigenvalue weighted by molar-refractivity contribution is 7.89. The molecular formula is C14H23ClN2O3S. The van der Waals surface area contributed by atoms with E-state index in [-0.39, 0.29) is 17.2 Å². The van der Waals surface area contributed by atoms with Crippen LogP contribution in [0.3, 0.4) is 0 Å². The zero-order valence-corrected chi connectivity index (χ0v) is 14.1. The molecular weight excluding hydrogens is 312 g/mol. The number of ether oxygens (including phenoxy) is 1. The zero-order chi connectivity index (χ0) is 15.9. The number of nitrogens with two attached hydrogens (primary N) is 1. The Balaban J connectivity index is 2.94. The summed E-state index contributed by atoms with van der Waals surface area (Å²) < 4.78 is 32.5. The largest absolute Gasteiger partial charge is 0.495 e. The van der Waals surface area contributed by atoms with Crippen molar-refractivity contribution in [2.75, 3.05) is 13.7 Å². The lowest BCUT2D eigenvalue weighted by Gasteiger charge is -2.14. The first-order chi connectivity index (χ1) is 9.96. The molecule has 0 unspecified atom stereocenters. The van der Waals surface area contributed by atoms with E-state index >= 15 is 0 Å². The topological polar surface area (TPSA) is 81.4 Å². The molecule has 0 fully saturated rings. The second-order valence-corrected chi connectivity index (χ2v) is 6.93. The molecule has 0 aliphatic heterocycles. The number of nitrogens with one attached hydrogen (secondary N) is 1. The molecule has 120 valence electrons. The number of sulfonamides is 1. The predicted molar refractivity (Wildman–Crippen MR) is 85.2 cm³/mol. The fourth-order valence-electron chi connectivity index (χ4n) is 2.04. The standard InChI is InChI=1S/C14H23ClN2O3S/c1-3-4-5-6-7-17-21(18,19)13-9-12(15)8-11(10-16)14(13)20-2/h8-9,17H,3-7,10,16H2,1-2H3. The summed E-state index contributed by atoms with van der Waals surface area (Å²) in [5.41, 5.74) is 6.17. The van der Waals surface area contributed by atoms with Gasteiger partial charge in [0.05, 0.1) is 7.11 Å². The summed E-state index contributed by atoms with van der Waals surface area (Å²) in [7, 11) is -2.24. The number of unbranched alkanes of at least 4 members (excludes halogenated alkanes) is 3. The van der Waals surface area contributed by atoms with E-state index in [2.05, 4.69) is 11.6 Å². The third-order valence-electron chi connectivity index (χ3n) is 3.13. The number of benzene rings is 1. The first-order valence-corrected chi connectivity index (χ1v) is 8.88. The van der Waals surface area contributed by atoms with Crippen molar-refractivity contribution in [2.45, 2.75) is 44.0 Å². The van der Waals surface area contributed by atoms with E-state index in [9.17, 15) is 8.42 Å². The zero-order valence-electron chi connectivity index (χ0n) is 12.5. The number of hydrogen-bond acceptors (Lipinski definition) is 4. The molecule has 7 heteroatoms. The van der Waals surface area contributed by atoms with E-state index in [0.29, 0.717) is 17.1 Å². The van der Waals surface area contributed by atoms with Crippen molar-refractivity contribution in [1.82, 2.24) is 4.72 Å². The van der Waals surface area contributed by atoms with Gasteiger partial charge in [-0.2, -0.15) is 0 Å². The van der Waals surface area contributed by atoms with Gasteiger partial charge in [-0.25, -0.2) is 13.1 Å². The molecule has 0 amide bonds. The average Bonchev–Trinajstić information content (AvgIpc) is 2.46. The van der Waals surface area contributed by atoms with Crippen LogP contribution in [0.5, 0.6) is 5.75 Å². The highest BCUT2D eigenvalue weighted by Gasteiger charge is 2.22. The smallest absolute Gasteiger partial charge is 0.244 e. The number of hydrogen-bond donors (Lipinski definition) is 2. The van der Waals surface area contributed by atoms with Crippen LogP contribution in [-0.4, -0.2) is 22.1 Å². The van der Waals surface area contributed by atoms with Crippen LogP contribution in [-0.2, 0) is 16.6 Å². The van der Waals surface area contributed by atoms with Crippen LogP contribution in [0.4, 0.5) is 0 Å². The Hall–Kier alpha value is -0.820. The van der Waals surface area contributed by atoms with Crippen molar-refractivity contribution >= 4 is 21.6 Å². The lowest BCUT2D eigenvalue weighted by Crippen LogP contribution is -2.25. The summed E-state index contributed by atoms with van der Waals surface area (Å²) >= 11 is 5.96. The lowest BCUT2D eigenvalue weighted by atomic mass is 10.2. The summed E-state index contributed by atoms with van der Waals surface area (Å²) in [5.74, 6) is 0.253. The molecule has 0 heterocycles. The van der Waals surface area contributed by atoms with E-state index in [4.69, 9.17) is 22.1 Å². The fraction of sp³-hybridized carbons (Fsp3) is 0.571. The Morgan fingerprint density at radius 3 is 2.57 bits per heavy atom. The highest BCUT2D eigenvalue weighted by Crippen LogP contribution is 2.31. The molecule has 5 nitrogen and oxygen atoms in total. The van der Waals surface area contributed by atoms with Gasteiger partial charge < -0.3 is 10.5 Å². The number of rotatable bonds is 9. The summed E-state index contributed by atoms with van der Waals surface area (Å²) in [6, 6.07) is 2.99. The van der Waals surface area contributed by atoms with Gasteiger partial charge in [-0.05, 0) is 18.6 Å². The van der Waals surface area contributed by atoms with Gasteiger partial charge >= 0.3 is 0 Å². The molecule has 0 aromatic heterocycles. The summed E-state index contributed by atoms with van der Waals surface area (Å²) in [5, 5.41) is 0.322. The van der Waals surface area contributed by atoms with Crippen LogP contribution in [0.2, 0.25) is 5.02 Å². The summed E-state index contributed by atoms with van der Waals surface area (Å²) in [4.78, 5) is 0.0356. The van der Waals surface area contributed by atoms with E-state index in [0.717, 1.165) is 25.7 Å². The van der Waals surface area contributed by atoms with Gasteiger partial charge in [0.2, 0.25) is 10.0 Å². The van der Waals surface area contributed by atoms with Crippen molar-refractivity contribution in [3.8, 4) is 5.75 Å². The predicted octanol–water partition coefficient (Wildman–Crippen LogP) is 2.67. The first kappa shape index (κ1) is 18.2. The number of halogens is 1. The van der Waals surface area contributed by atoms with Gasteiger partial charge in [0, 0.05) is 23.7 Å². The Morgan fingerprint density at radius 1 is 1.29 bits per heavy atom. The molecule has 1 rings (SSSR count). The van der Waals surface area contributed by atoms with Crippen LogP contribution in [0.15, 0.2) is 17.0 Å². The van der Waals surface area contributed by atoms with E-state index in [1.165, 1.54) is 13.2 Å². The molecule has 0 saturated heterocycles. The third-order valence-corrected chi connectivity index (χ3v) is 4.82. The minimum absolute atomic E-state index is 0.0356. The third kappa shape index (κ3) is 5.14. The van der Waals surface area contributed by atoms with E-state index in [1.54, 1.807) is 6.07 Å². The van der Waals surface area contributed by atoms with Crippen molar-refractivity contribution in [1.29, 1.82) is 0 Å². The molecule has 21 heavy (non-hydrogen) atoms. The van der Waals surface area contributed by atoms with E-state index in [1.807, 2.05) is 0 Å². The van der Waals surface area contributed by atoms with Crippen molar-refractivity contribution < 1.29 is 13.2 Å². The molecule has 0 aliphatic rings. The maximum Gasteiger partial charge on any atom is 0.244 e. The number of methoxy groups -OCH3 is 1. The molecule has 0 spiro atoms. The molecule has 0 bridgehead atoms. The van der Waals surface area contributed by atoms with Crippen LogP contribution < -0.4 is 15.2 Å². The highest BCUT2D eigenvalue weighted by atomic mass is 35.5. The Labute approximate surface area is 131 Å². The monoisotopic (exact) mass is 334 g/mol. The SMILES string of the molecule is CCCCCCNS(=O)(=O)c1cc(Cl)cc(CN)c1OC. The van der Waals surface area contributed by atoms with Crippen LogP contribution >= 0.6 is 11.6 Å². The normalized spacial score (nSPS) is 11.6. The van der Waals surface area contributed by atoms with Gasteiger partial charge in [0.1, 0.15) is 10.6 Å². The second kappa shape index (κ2) is 8.58. The molecule has 1 aromatic rings. The lowest BCUT2D eigenvalue weighted by molar-refractivity contribution is 0.397. The Kier molecular flexibility index (Phi) is 7.45. The van der Waals surface area contributed by atoms with Gasteiger partial charge in [-0.15, -0.1) is 0 Å². The van der Waals surface area contributed by atoms with Gasteiger partial charge in [0.15, 0.2) is 0 Å². The molecule has 3 N–H and O–H groups in total. The molecule has 0 atom stereocenters. The minimum atomic E-state index is -3.66. The van der Waals surface area contributed by atoms with Gasteiger partial charge in [0.25, 0.3) is 0 Å². The minimum Gasteiger partial charge on any atom is -0.495 e. The van der Waals surface area contributed by atoms with Crippen molar-refractivity contribution in [3.63, 3.8) is 0 Å². The molecule has 1 aromatic carbocycles. The molecule has 0 saturated carbocycles. The maximum atomic E-state index is 12.4. The quantitative estimate of drug-likeness (QED) is 0.680. The maximum absolute atomic E-state index is 12.4. The van der Waals surface area contributed by atoms with Crippen LogP contribution in [0.1, 0.15) is 38.2 Å². The van der Waals surface area contributed by atoms with Gasteiger partial charge in [-0.3, -0.25) is 0 Å². The van der Waals surface area contributed by atoms with Crippen molar-refractivity contribution in [2.24, 2.45) is 5.73 Å². The Morgan fingerprint density at radius 2 is 2.00 bits per heavy atom. The first-order valence-electron chi connectivity index (χ1n) is 7.02. The van der Waals surface area contributed by atoms with E-state index < -0.39 is 10.0 Å². The van der Waals surface area contributed by atoms with Crippen LogP contribution in [0.25, 0.3) is 0 Å². The Bertz CT molecular complexity index is 562. The second-order valence-electron chi connectivity index (χ2n) is 4.76. The fourth-order valence-corrected chi connectivity index (χ4v) is 3.66. The van der Waals surface area contributed by atoms with Gasteiger partial charge in [-0.1, -0.05) is 37.8 Å². The summed E-state index contributed by atoms with van der Waals surface area (Å²) in [6.45, 7) is 2.66. The van der Waals surface area contributed by atoms with Crippen molar-refractivity contribution in [3.05, 3.63) is 22.7 Å². The summed E-state index contributed by atoms with van der Waals surface area (Å²) in [6.07, 6.45) is 4.01.